The van der Waals surface area contributed by atoms with E-state index in [0.29, 0.717) is 80.2 Å². The quantitative estimate of drug-likeness (QED) is 0.0628. The number of amides is 2. The lowest BCUT2D eigenvalue weighted by molar-refractivity contribution is -0.120. The second-order valence-corrected chi connectivity index (χ2v) is 14.6. The van der Waals surface area contributed by atoms with E-state index in [1.54, 1.807) is 62.8 Å². The highest BCUT2D eigenvalue weighted by molar-refractivity contribution is 6.35. The molecule has 4 aromatic carbocycles. The van der Waals surface area contributed by atoms with Crippen molar-refractivity contribution < 1.29 is 23.9 Å². The molecule has 9 nitrogen and oxygen atoms in total. The molecule has 2 heterocycles. The Morgan fingerprint density at radius 1 is 0.772 bits per heavy atom. The largest absolute Gasteiger partial charge is 0.493 e. The number of Topliss-reactive ketones (excluding diaryl/α,β-unsaturated/α-hetero) is 1. The van der Waals surface area contributed by atoms with Crippen molar-refractivity contribution in [2.45, 2.75) is 72.4 Å². The summed E-state index contributed by atoms with van der Waals surface area (Å²) >= 11 is 22.8. The number of hydrogen-bond donors (Lipinski definition) is 3. The normalized spacial score (nSPS) is 16.5. The van der Waals surface area contributed by atoms with Gasteiger partial charge in [0.2, 0.25) is 11.8 Å². The van der Waals surface area contributed by atoms with Crippen LogP contribution < -0.4 is 25.8 Å². The van der Waals surface area contributed by atoms with E-state index in [1.165, 1.54) is 6.42 Å². The number of nitrogens with two attached hydrogens (primary N) is 1. The summed E-state index contributed by atoms with van der Waals surface area (Å²) in [7, 11) is 3.19. The number of para-hydroxylation sites is 3. The number of ketones is 1. The summed E-state index contributed by atoms with van der Waals surface area (Å²) in [5.74, 6) is 1.34. The highest BCUT2D eigenvalue weighted by Crippen LogP contribution is 2.39. The molecule has 0 saturated carbocycles. The Kier molecular flexibility index (Phi) is 22.8. The Hall–Kier alpha value is -3.93. The molecule has 2 amide bonds. The van der Waals surface area contributed by atoms with Crippen LogP contribution in [0.2, 0.25) is 15.1 Å². The van der Waals surface area contributed by atoms with Crippen LogP contribution in [0.5, 0.6) is 11.5 Å². The van der Waals surface area contributed by atoms with Gasteiger partial charge in [0.1, 0.15) is 5.88 Å². The van der Waals surface area contributed by atoms with Gasteiger partial charge >= 0.3 is 0 Å². The first-order chi connectivity index (χ1) is 25.9. The average Bonchev–Trinajstić information content (AvgIpc) is 3.15. The Bertz CT molecular complexity index is 1870. The molecule has 2 atom stereocenters. The van der Waals surface area contributed by atoms with Crippen LogP contribution >= 0.6 is 46.4 Å². The fourth-order valence-electron chi connectivity index (χ4n) is 6.85. The number of fused-ring (bicyclic) bond motifs is 2. The zero-order chi connectivity index (χ0) is 39.2. The van der Waals surface area contributed by atoms with E-state index < -0.39 is 0 Å². The minimum Gasteiger partial charge on any atom is -0.493 e. The van der Waals surface area contributed by atoms with Crippen LogP contribution in [0.4, 0.5) is 17.1 Å². The predicted octanol–water partition coefficient (Wildman–Crippen LogP) is 10.8. The molecule has 2 aliphatic rings. The minimum atomic E-state index is -0.259. The summed E-state index contributed by atoms with van der Waals surface area (Å²) in [5, 5.41) is 7.17. The zero-order valence-corrected chi connectivity index (χ0v) is 34.2. The van der Waals surface area contributed by atoms with Crippen molar-refractivity contribution in [3.8, 4) is 11.5 Å². The molecule has 2 unspecified atom stereocenters. The molecular formula is C43H54BCl4N4O5. The maximum absolute atomic E-state index is 13.2. The number of hydrogen-bond acceptors (Lipinski definition) is 7. The average molecular weight is 860 g/mol. The molecule has 6 rings (SSSR count). The molecule has 4 aromatic rings. The SMILES string of the molecule is C.C.COc1cc(C(=O)CC2CC3CCCC(C2)N3CC(=O)Nc2ccccc2Cl)cc(C)c1OC.Nc1ccccc1Cl.O=C(CCl)Nc1ccccc1Cl.[B]. The van der Waals surface area contributed by atoms with E-state index in [2.05, 4.69) is 15.5 Å². The summed E-state index contributed by atoms with van der Waals surface area (Å²) in [5.41, 5.74) is 8.81. The molecule has 57 heavy (non-hydrogen) atoms. The monoisotopic (exact) mass is 857 g/mol. The third-order valence-electron chi connectivity index (χ3n) is 9.33. The van der Waals surface area contributed by atoms with E-state index in [9.17, 15) is 14.4 Å². The van der Waals surface area contributed by atoms with Gasteiger partial charge in [0.15, 0.2) is 17.3 Å². The van der Waals surface area contributed by atoms with Gasteiger partial charge in [-0.25, -0.2) is 0 Å². The Morgan fingerprint density at radius 2 is 1.28 bits per heavy atom. The fraction of sp³-hybridized carbons (Fsp3) is 0.372. The van der Waals surface area contributed by atoms with Crippen molar-refractivity contribution in [1.82, 2.24) is 4.90 Å². The summed E-state index contributed by atoms with van der Waals surface area (Å²) in [6.45, 7) is 2.28. The van der Waals surface area contributed by atoms with Crippen LogP contribution in [0.3, 0.4) is 0 Å². The van der Waals surface area contributed by atoms with Crippen LogP contribution in [0.1, 0.15) is 69.3 Å². The lowest BCUT2D eigenvalue weighted by Crippen LogP contribution is -2.54. The summed E-state index contributed by atoms with van der Waals surface area (Å²) < 4.78 is 10.8. The minimum absolute atomic E-state index is 0. The van der Waals surface area contributed by atoms with Crippen molar-refractivity contribution >= 4 is 89.5 Å². The number of aryl methyl sites for hydroxylation is 1. The number of alkyl halides is 1. The number of carbonyl (C=O) groups excluding carboxylic acids is 3. The summed E-state index contributed by atoms with van der Waals surface area (Å²) in [4.78, 5) is 39.1. The standard InChI is InChI=1S/C27H33ClN2O4.C8H7Cl2NO.C6H6ClN.2CH4.B/c1-17-11-19(15-25(33-2)27(17)34-3)24(31)14-18-12-20-7-6-8-21(13-18)30(20)16-26(32)29-23-10-5-4-9-22(23)28;9-5-8(12)11-7-4-2-1-3-6(7)10;7-5-3-1-2-4-6(5)8;;;/h4-5,9-11,15,18,20-21H,6-8,12-14,16H2,1-3H3,(H,29,32);1-4H,5H2,(H,11,12);1-4H,8H2;2*1H4;. The lowest BCUT2D eigenvalue weighted by atomic mass is 9.76. The number of nitrogens with one attached hydrogen (secondary N) is 2. The number of carbonyl (C=O) groups is 3. The lowest BCUT2D eigenvalue weighted by Gasteiger charge is -2.48. The van der Waals surface area contributed by atoms with Crippen LogP contribution in [0, 0.1) is 12.8 Å². The molecule has 0 spiro atoms. The first kappa shape index (κ1) is 51.1. The van der Waals surface area contributed by atoms with E-state index in [4.69, 9.17) is 61.6 Å². The first-order valence-electron chi connectivity index (χ1n) is 17.6. The zero-order valence-electron chi connectivity index (χ0n) is 31.1. The molecule has 2 aliphatic heterocycles. The van der Waals surface area contributed by atoms with E-state index >= 15 is 0 Å². The predicted molar refractivity (Wildman–Crippen MR) is 240 cm³/mol. The molecule has 307 valence electrons. The van der Waals surface area contributed by atoms with Gasteiger partial charge in [0.05, 0.1) is 52.9 Å². The number of nitrogens with zero attached hydrogens (tertiary/aromatic N) is 1. The molecule has 2 bridgehead atoms. The maximum Gasteiger partial charge on any atom is 0.239 e. The molecule has 4 N–H and O–H groups in total. The van der Waals surface area contributed by atoms with Crippen molar-refractivity contribution in [2.75, 3.05) is 43.0 Å². The van der Waals surface area contributed by atoms with Crippen LogP contribution in [-0.2, 0) is 9.59 Å². The topological polar surface area (TPSA) is 123 Å². The van der Waals surface area contributed by atoms with Gasteiger partial charge in [-0.3, -0.25) is 19.3 Å². The third-order valence-corrected chi connectivity index (χ3v) is 10.6. The molecular weight excluding hydrogens is 805 g/mol. The summed E-state index contributed by atoms with van der Waals surface area (Å²) in [6.07, 6.45) is 5.70. The van der Waals surface area contributed by atoms with E-state index in [0.717, 1.165) is 31.2 Å². The highest BCUT2D eigenvalue weighted by Gasteiger charge is 2.39. The van der Waals surface area contributed by atoms with Gasteiger partial charge < -0.3 is 25.8 Å². The number of methoxy groups -OCH3 is 2. The number of piperidine rings is 2. The second kappa shape index (κ2) is 25.4. The molecule has 3 radical (unpaired) electrons. The smallest absolute Gasteiger partial charge is 0.239 e. The molecule has 0 aromatic heterocycles. The Morgan fingerprint density at radius 3 is 1.74 bits per heavy atom. The van der Waals surface area contributed by atoms with Gasteiger partial charge in [-0.05, 0) is 92.6 Å². The number of anilines is 3. The fourth-order valence-corrected chi connectivity index (χ4v) is 7.42. The van der Waals surface area contributed by atoms with Crippen molar-refractivity contribution in [3.05, 3.63) is 111 Å². The number of ether oxygens (including phenoxy) is 2. The van der Waals surface area contributed by atoms with Crippen LogP contribution in [0.25, 0.3) is 0 Å². The second-order valence-electron chi connectivity index (χ2n) is 13.1. The Balaban J connectivity index is 0.000000581. The highest BCUT2D eigenvalue weighted by atomic mass is 35.5. The van der Waals surface area contributed by atoms with Crippen LogP contribution in [-0.4, -0.2) is 69.6 Å². The van der Waals surface area contributed by atoms with Crippen molar-refractivity contribution in [1.29, 1.82) is 0 Å². The number of halogens is 4. The van der Waals surface area contributed by atoms with Crippen molar-refractivity contribution in [2.24, 2.45) is 5.92 Å². The molecule has 0 aliphatic carbocycles. The van der Waals surface area contributed by atoms with Crippen molar-refractivity contribution in [3.63, 3.8) is 0 Å². The number of rotatable bonds is 10. The van der Waals surface area contributed by atoms with Gasteiger partial charge in [0, 0.05) is 32.5 Å². The van der Waals surface area contributed by atoms with Crippen LogP contribution in [0.15, 0.2) is 84.9 Å². The van der Waals surface area contributed by atoms with Gasteiger partial charge in [-0.15, -0.1) is 11.6 Å². The van der Waals surface area contributed by atoms with E-state index in [-0.39, 0.29) is 46.7 Å². The number of benzene rings is 4. The van der Waals surface area contributed by atoms with Gasteiger partial charge in [0.25, 0.3) is 0 Å². The van der Waals surface area contributed by atoms with Gasteiger partial charge in [-0.1, -0.05) is 92.5 Å². The first-order valence-corrected chi connectivity index (χ1v) is 19.3. The Labute approximate surface area is 360 Å². The van der Waals surface area contributed by atoms with Gasteiger partial charge in [-0.2, -0.15) is 0 Å². The molecule has 2 fully saturated rings. The maximum atomic E-state index is 13.2. The molecule has 2 saturated heterocycles. The molecule has 14 heteroatoms. The third kappa shape index (κ3) is 15.1. The van der Waals surface area contributed by atoms with E-state index in [1.807, 2.05) is 43.3 Å². The number of nitrogen functional groups attached to an aromatic ring is 1. The summed E-state index contributed by atoms with van der Waals surface area (Å²) in [6, 6.07) is 25.8.